The van der Waals surface area contributed by atoms with Crippen LogP contribution in [0.15, 0.2) is 54.6 Å². The van der Waals surface area contributed by atoms with Crippen LogP contribution in [0.3, 0.4) is 0 Å². The summed E-state index contributed by atoms with van der Waals surface area (Å²) >= 11 is 0. The van der Waals surface area contributed by atoms with Crippen molar-refractivity contribution in [1.29, 1.82) is 0 Å². The Morgan fingerprint density at radius 1 is 0.926 bits per heavy atom. The zero-order valence-corrected chi connectivity index (χ0v) is 14.9. The molecule has 0 heterocycles. The van der Waals surface area contributed by atoms with Crippen molar-refractivity contribution < 1.29 is 29.0 Å². The van der Waals surface area contributed by atoms with Crippen LogP contribution in [-0.4, -0.2) is 23.1 Å². The highest BCUT2D eigenvalue weighted by Gasteiger charge is 2.25. The van der Waals surface area contributed by atoms with Crippen molar-refractivity contribution in [3.05, 3.63) is 65.7 Å². The zero-order valence-electron chi connectivity index (χ0n) is 14.9. The molecule has 0 fully saturated rings. The van der Waals surface area contributed by atoms with Gasteiger partial charge in [-0.05, 0) is 29.7 Å². The number of hydrogen-bond donors (Lipinski definition) is 2. The largest absolute Gasteiger partial charge is 0.481 e. The molecule has 0 saturated carbocycles. The molecular formula is C20H21NO6. The number of carbonyl (C=O) groups is 3. The average molecular weight is 371 g/mol. The molecule has 7 nitrogen and oxygen atoms in total. The number of rotatable bonds is 8. The molecule has 1 unspecified atom stereocenters. The Morgan fingerprint density at radius 2 is 1.52 bits per heavy atom. The molecule has 0 aliphatic heterocycles. The summed E-state index contributed by atoms with van der Waals surface area (Å²) in [5.74, 6) is -3.13. The SMILES string of the molecule is CCC(C(=O)O)C(=O)OCc1ccc(NC(=O)OCc2ccccc2)cc1. The Labute approximate surface area is 156 Å². The highest BCUT2D eigenvalue weighted by Crippen LogP contribution is 2.13. The summed E-state index contributed by atoms with van der Waals surface area (Å²) in [5.41, 5.74) is 2.09. The van der Waals surface area contributed by atoms with Crippen molar-refractivity contribution in [3.8, 4) is 0 Å². The van der Waals surface area contributed by atoms with Crippen LogP contribution in [-0.2, 0) is 32.3 Å². The second kappa shape index (κ2) is 9.96. The number of aliphatic carboxylic acids is 1. The Balaban J connectivity index is 1.79. The summed E-state index contributed by atoms with van der Waals surface area (Å²) in [6.07, 6.45) is -0.410. The average Bonchev–Trinajstić information content (AvgIpc) is 2.67. The van der Waals surface area contributed by atoms with E-state index in [9.17, 15) is 14.4 Å². The molecule has 2 N–H and O–H groups in total. The first-order valence-corrected chi connectivity index (χ1v) is 8.45. The number of carbonyl (C=O) groups excluding carboxylic acids is 2. The first-order valence-electron chi connectivity index (χ1n) is 8.45. The van der Waals surface area contributed by atoms with E-state index in [0.29, 0.717) is 11.3 Å². The lowest BCUT2D eigenvalue weighted by Gasteiger charge is -2.11. The van der Waals surface area contributed by atoms with Gasteiger partial charge in [0, 0.05) is 5.69 Å². The van der Waals surface area contributed by atoms with Crippen molar-refractivity contribution in [3.63, 3.8) is 0 Å². The topological polar surface area (TPSA) is 102 Å². The lowest BCUT2D eigenvalue weighted by molar-refractivity contribution is -0.159. The Kier molecular flexibility index (Phi) is 7.37. The number of amides is 1. The lowest BCUT2D eigenvalue weighted by Crippen LogP contribution is -2.25. The van der Waals surface area contributed by atoms with Gasteiger partial charge in [-0.1, -0.05) is 49.4 Å². The molecule has 0 aromatic heterocycles. The van der Waals surface area contributed by atoms with Gasteiger partial charge in [-0.3, -0.25) is 14.9 Å². The number of hydrogen-bond acceptors (Lipinski definition) is 5. The number of ether oxygens (including phenoxy) is 2. The van der Waals surface area contributed by atoms with Crippen molar-refractivity contribution in [2.24, 2.45) is 5.92 Å². The van der Waals surface area contributed by atoms with E-state index >= 15 is 0 Å². The molecule has 1 amide bonds. The molecule has 0 radical (unpaired) electrons. The van der Waals surface area contributed by atoms with Gasteiger partial charge in [-0.15, -0.1) is 0 Å². The van der Waals surface area contributed by atoms with E-state index in [1.54, 1.807) is 31.2 Å². The molecule has 2 aromatic carbocycles. The molecule has 142 valence electrons. The Bertz CT molecular complexity index is 773. The fourth-order valence-corrected chi connectivity index (χ4v) is 2.26. The Morgan fingerprint density at radius 3 is 2.11 bits per heavy atom. The fraction of sp³-hybridized carbons (Fsp3) is 0.250. The van der Waals surface area contributed by atoms with Gasteiger partial charge < -0.3 is 14.6 Å². The number of benzene rings is 2. The third-order valence-electron chi connectivity index (χ3n) is 3.79. The van der Waals surface area contributed by atoms with Crippen molar-refractivity contribution in [1.82, 2.24) is 0 Å². The first kappa shape index (κ1) is 20.0. The third-order valence-corrected chi connectivity index (χ3v) is 3.79. The van der Waals surface area contributed by atoms with E-state index in [2.05, 4.69) is 5.32 Å². The predicted molar refractivity (Wildman–Crippen MR) is 97.9 cm³/mol. The van der Waals surface area contributed by atoms with Crippen LogP contribution in [0.4, 0.5) is 10.5 Å². The van der Waals surface area contributed by atoms with Crippen LogP contribution in [0.25, 0.3) is 0 Å². The molecule has 7 heteroatoms. The molecule has 1 atom stereocenters. The van der Waals surface area contributed by atoms with E-state index in [1.807, 2.05) is 30.3 Å². The normalized spacial score (nSPS) is 11.3. The number of esters is 1. The Hall–Kier alpha value is -3.35. The van der Waals surface area contributed by atoms with Gasteiger partial charge in [0.15, 0.2) is 5.92 Å². The van der Waals surface area contributed by atoms with E-state index in [-0.39, 0.29) is 19.6 Å². The quantitative estimate of drug-likeness (QED) is 0.543. The van der Waals surface area contributed by atoms with Crippen LogP contribution >= 0.6 is 0 Å². The number of carboxylic acids is 1. The van der Waals surface area contributed by atoms with Crippen molar-refractivity contribution >= 4 is 23.7 Å². The fourth-order valence-electron chi connectivity index (χ4n) is 2.26. The van der Waals surface area contributed by atoms with Gasteiger partial charge in [0.25, 0.3) is 0 Å². The second-order valence-corrected chi connectivity index (χ2v) is 5.79. The maximum atomic E-state index is 11.8. The second-order valence-electron chi connectivity index (χ2n) is 5.79. The van der Waals surface area contributed by atoms with Gasteiger partial charge in [0.05, 0.1) is 0 Å². The highest BCUT2D eigenvalue weighted by molar-refractivity contribution is 5.93. The molecular weight excluding hydrogens is 350 g/mol. The van der Waals surface area contributed by atoms with E-state index in [1.165, 1.54) is 0 Å². The van der Waals surface area contributed by atoms with Gasteiger partial charge in [0.2, 0.25) is 0 Å². The molecule has 0 spiro atoms. The maximum absolute atomic E-state index is 11.8. The van der Waals surface area contributed by atoms with Crippen LogP contribution in [0.5, 0.6) is 0 Å². The van der Waals surface area contributed by atoms with Gasteiger partial charge in [0.1, 0.15) is 13.2 Å². The summed E-state index contributed by atoms with van der Waals surface area (Å²) in [5, 5.41) is 11.5. The van der Waals surface area contributed by atoms with Gasteiger partial charge in [-0.25, -0.2) is 4.79 Å². The predicted octanol–water partition coefficient (Wildman–Crippen LogP) is 3.59. The molecule has 0 aliphatic carbocycles. The molecule has 0 aliphatic rings. The van der Waals surface area contributed by atoms with Gasteiger partial charge in [-0.2, -0.15) is 0 Å². The lowest BCUT2D eigenvalue weighted by atomic mass is 10.1. The number of anilines is 1. The zero-order chi connectivity index (χ0) is 19.6. The van der Waals surface area contributed by atoms with Crippen LogP contribution < -0.4 is 5.32 Å². The van der Waals surface area contributed by atoms with E-state index < -0.39 is 23.9 Å². The maximum Gasteiger partial charge on any atom is 0.411 e. The summed E-state index contributed by atoms with van der Waals surface area (Å²) in [4.78, 5) is 34.4. The minimum Gasteiger partial charge on any atom is -0.481 e. The molecule has 2 aromatic rings. The number of nitrogens with one attached hydrogen (secondary N) is 1. The van der Waals surface area contributed by atoms with Crippen LogP contribution in [0.1, 0.15) is 24.5 Å². The minimum atomic E-state index is -1.20. The summed E-state index contributed by atoms with van der Waals surface area (Å²) in [6.45, 7) is 1.74. The smallest absolute Gasteiger partial charge is 0.411 e. The third kappa shape index (κ3) is 6.47. The van der Waals surface area contributed by atoms with E-state index in [4.69, 9.17) is 14.6 Å². The van der Waals surface area contributed by atoms with Crippen molar-refractivity contribution in [2.45, 2.75) is 26.6 Å². The first-order chi connectivity index (χ1) is 13.0. The highest BCUT2D eigenvalue weighted by atomic mass is 16.5. The molecule has 0 saturated heterocycles. The standard InChI is InChI=1S/C20H21NO6/c1-2-17(18(22)23)19(24)26-12-15-8-10-16(11-9-15)21-20(25)27-13-14-6-4-3-5-7-14/h3-11,17H,2,12-13H2,1H3,(H,21,25)(H,22,23). The summed E-state index contributed by atoms with van der Waals surface area (Å²) in [7, 11) is 0. The summed E-state index contributed by atoms with van der Waals surface area (Å²) in [6, 6.07) is 15.9. The van der Waals surface area contributed by atoms with Crippen LogP contribution in [0, 0.1) is 5.92 Å². The van der Waals surface area contributed by atoms with E-state index in [0.717, 1.165) is 5.56 Å². The molecule has 27 heavy (non-hydrogen) atoms. The van der Waals surface area contributed by atoms with Crippen LogP contribution in [0.2, 0.25) is 0 Å². The van der Waals surface area contributed by atoms with Gasteiger partial charge >= 0.3 is 18.0 Å². The minimum absolute atomic E-state index is 0.0403. The molecule has 0 bridgehead atoms. The van der Waals surface area contributed by atoms with Crippen molar-refractivity contribution in [2.75, 3.05) is 5.32 Å². The number of carboxylic acid groups (broad SMARTS) is 1. The monoisotopic (exact) mass is 371 g/mol. The summed E-state index contributed by atoms with van der Waals surface area (Å²) < 4.78 is 10.1. The molecule has 2 rings (SSSR count).